The summed E-state index contributed by atoms with van der Waals surface area (Å²) in [5.74, 6) is -0.893. The number of urea groups is 1. The minimum Gasteiger partial charge on any atom is -0.482 e. The Bertz CT molecular complexity index is 533. The Hall–Kier alpha value is -2.09. The molecule has 0 aliphatic rings. The van der Waals surface area contributed by atoms with E-state index in [9.17, 15) is 14.4 Å². The van der Waals surface area contributed by atoms with Crippen LogP contribution < -0.4 is 15.4 Å². The molecule has 0 spiro atoms. The predicted molar refractivity (Wildman–Crippen MR) is 87.0 cm³/mol. The SMILES string of the molecule is CCCCNC(=O)NC(=O)COC(=O)COc1ccc(Br)cc1. The molecule has 0 saturated carbocycles. The van der Waals surface area contributed by atoms with E-state index in [1.807, 2.05) is 6.92 Å². The van der Waals surface area contributed by atoms with E-state index in [2.05, 4.69) is 26.6 Å². The summed E-state index contributed by atoms with van der Waals surface area (Å²) in [5.41, 5.74) is 0. The first-order chi connectivity index (χ1) is 11.0. The molecule has 0 fully saturated rings. The number of hydrogen-bond donors (Lipinski definition) is 2. The highest BCUT2D eigenvalue weighted by molar-refractivity contribution is 9.10. The summed E-state index contributed by atoms with van der Waals surface area (Å²) in [6.07, 6.45) is 1.76. The fraction of sp³-hybridized carbons (Fsp3) is 0.400. The van der Waals surface area contributed by atoms with Gasteiger partial charge in [0.25, 0.3) is 5.91 Å². The summed E-state index contributed by atoms with van der Waals surface area (Å²) in [6, 6.07) is 6.30. The summed E-state index contributed by atoms with van der Waals surface area (Å²) in [4.78, 5) is 34.2. The van der Waals surface area contributed by atoms with Crippen molar-refractivity contribution in [2.75, 3.05) is 19.8 Å². The van der Waals surface area contributed by atoms with E-state index in [1.54, 1.807) is 24.3 Å². The molecule has 0 saturated heterocycles. The standard InChI is InChI=1S/C15H19BrN2O5/c1-2-3-8-17-15(21)18-13(19)9-23-14(20)10-22-12-6-4-11(16)5-7-12/h4-7H,2-3,8-10H2,1H3,(H2,17,18,19,21). The Morgan fingerprint density at radius 3 is 2.48 bits per heavy atom. The maximum Gasteiger partial charge on any atom is 0.344 e. The highest BCUT2D eigenvalue weighted by atomic mass is 79.9. The second kappa shape index (κ2) is 10.6. The number of unbranched alkanes of at least 4 members (excludes halogenated alkanes) is 1. The fourth-order valence-corrected chi connectivity index (χ4v) is 1.71. The lowest BCUT2D eigenvalue weighted by Gasteiger charge is -2.08. The number of amides is 3. The summed E-state index contributed by atoms with van der Waals surface area (Å²) < 4.78 is 10.8. The number of nitrogens with one attached hydrogen (secondary N) is 2. The fourth-order valence-electron chi connectivity index (χ4n) is 1.45. The number of ether oxygens (including phenoxy) is 2. The summed E-state index contributed by atoms with van der Waals surface area (Å²) in [6.45, 7) is 1.61. The minimum absolute atomic E-state index is 0.322. The highest BCUT2D eigenvalue weighted by Crippen LogP contribution is 2.15. The van der Waals surface area contributed by atoms with Gasteiger partial charge in [-0.2, -0.15) is 0 Å². The molecule has 0 heterocycles. The molecule has 0 atom stereocenters. The van der Waals surface area contributed by atoms with Crippen LogP contribution in [0, 0.1) is 0 Å². The van der Waals surface area contributed by atoms with Gasteiger partial charge in [0.05, 0.1) is 0 Å². The maximum atomic E-state index is 11.4. The van der Waals surface area contributed by atoms with E-state index < -0.39 is 24.5 Å². The van der Waals surface area contributed by atoms with Crippen LogP contribution in [0.1, 0.15) is 19.8 Å². The molecule has 23 heavy (non-hydrogen) atoms. The van der Waals surface area contributed by atoms with E-state index in [-0.39, 0.29) is 6.61 Å². The Balaban J connectivity index is 2.18. The third-order valence-corrected chi connectivity index (χ3v) is 3.13. The zero-order chi connectivity index (χ0) is 17.1. The van der Waals surface area contributed by atoms with Crippen molar-refractivity contribution in [1.29, 1.82) is 0 Å². The Morgan fingerprint density at radius 1 is 1.13 bits per heavy atom. The number of imide groups is 1. The molecule has 0 bridgehead atoms. The van der Waals surface area contributed by atoms with Crippen LogP contribution in [0.4, 0.5) is 4.79 Å². The van der Waals surface area contributed by atoms with Crippen molar-refractivity contribution in [3.05, 3.63) is 28.7 Å². The number of esters is 1. The van der Waals surface area contributed by atoms with Crippen molar-refractivity contribution < 1.29 is 23.9 Å². The number of halogens is 1. The van der Waals surface area contributed by atoms with Gasteiger partial charge in [-0.15, -0.1) is 0 Å². The first-order valence-corrected chi connectivity index (χ1v) is 7.92. The molecule has 1 aromatic rings. The molecular formula is C15H19BrN2O5. The lowest BCUT2D eigenvalue weighted by atomic mass is 10.3. The third-order valence-electron chi connectivity index (χ3n) is 2.60. The van der Waals surface area contributed by atoms with E-state index in [1.165, 1.54) is 0 Å². The molecule has 7 nitrogen and oxygen atoms in total. The average molecular weight is 387 g/mol. The minimum atomic E-state index is -0.700. The van der Waals surface area contributed by atoms with E-state index in [0.717, 1.165) is 17.3 Å². The van der Waals surface area contributed by atoms with Crippen LogP contribution in [0.5, 0.6) is 5.75 Å². The molecule has 0 radical (unpaired) electrons. The van der Waals surface area contributed by atoms with Gasteiger partial charge in [0.2, 0.25) is 0 Å². The molecule has 126 valence electrons. The third kappa shape index (κ3) is 8.82. The average Bonchev–Trinajstić information content (AvgIpc) is 2.52. The maximum absolute atomic E-state index is 11.4. The molecule has 3 amide bonds. The quantitative estimate of drug-likeness (QED) is 0.526. The lowest BCUT2D eigenvalue weighted by molar-refractivity contribution is -0.150. The molecule has 8 heteroatoms. The van der Waals surface area contributed by atoms with Crippen molar-refractivity contribution in [2.45, 2.75) is 19.8 Å². The number of carbonyl (C=O) groups is 3. The summed E-state index contributed by atoms with van der Waals surface area (Å²) >= 11 is 3.28. The Labute approximate surface area is 142 Å². The van der Waals surface area contributed by atoms with Crippen LogP contribution in [-0.2, 0) is 14.3 Å². The van der Waals surface area contributed by atoms with Crippen LogP contribution in [-0.4, -0.2) is 37.7 Å². The normalized spacial score (nSPS) is 9.83. The molecule has 1 rings (SSSR count). The first kappa shape index (κ1) is 19.0. The van der Waals surface area contributed by atoms with Gasteiger partial charge in [0.1, 0.15) is 5.75 Å². The second-order valence-corrected chi connectivity index (χ2v) is 5.48. The predicted octanol–water partition coefficient (Wildman–Crippen LogP) is 2.00. The number of rotatable bonds is 8. The molecule has 0 aromatic heterocycles. The van der Waals surface area contributed by atoms with Crippen molar-refractivity contribution in [1.82, 2.24) is 10.6 Å². The summed E-state index contributed by atoms with van der Waals surface area (Å²) in [7, 11) is 0. The van der Waals surface area contributed by atoms with Gasteiger partial charge in [-0.3, -0.25) is 10.1 Å². The Kier molecular flexibility index (Phi) is 8.74. The zero-order valence-electron chi connectivity index (χ0n) is 12.8. The van der Waals surface area contributed by atoms with Gasteiger partial charge in [0, 0.05) is 11.0 Å². The number of benzene rings is 1. The van der Waals surface area contributed by atoms with Crippen LogP contribution in [0.2, 0.25) is 0 Å². The van der Waals surface area contributed by atoms with Crippen LogP contribution >= 0.6 is 15.9 Å². The first-order valence-electron chi connectivity index (χ1n) is 7.13. The van der Waals surface area contributed by atoms with Gasteiger partial charge >= 0.3 is 12.0 Å². The van der Waals surface area contributed by atoms with Crippen molar-refractivity contribution in [3.63, 3.8) is 0 Å². The van der Waals surface area contributed by atoms with Gasteiger partial charge < -0.3 is 14.8 Å². The van der Waals surface area contributed by atoms with Gasteiger partial charge in [-0.05, 0) is 30.7 Å². The van der Waals surface area contributed by atoms with Crippen LogP contribution in [0.25, 0.3) is 0 Å². The van der Waals surface area contributed by atoms with Gasteiger partial charge in [-0.1, -0.05) is 29.3 Å². The molecule has 1 aromatic carbocycles. The van der Waals surface area contributed by atoms with E-state index in [0.29, 0.717) is 12.3 Å². The molecule has 0 aliphatic carbocycles. The van der Waals surface area contributed by atoms with Crippen LogP contribution in [0.3, 0.4) is 0 Å². The number of carbonyl (C=O) groups excluding carboxylic acids is 3. The number of hydrogen-bond acceptors (Lipinski definition) is 5. The molecule has 2 N–H and O–H groups in total. The molecular weight excluding hydrogens is 368 g/mol. The van der Waals surface area contributed by atoms with Crippen molar-refractivity contribution in [2.24, 2.45) is 0 Å². The monoisotopic (exact) mass is 386 g/mol. The lowest BCUT2D eigenvalue weighted by Crippen LogP contribution is -2.41. The summed E-state index contributed by atoms with van der Waals surface area (Å²) in [5, 5.41) is 4.58. The van der Waals surface area contributed by atoms with Crippen molar-refractivity contribution >= 4 is 33.8 Å². The topological polar surface area (TPSA) is 93.7 Å². The smallest absolute Gasteiger partial charge is 0.344 e. The van der Waals surface area contributed by atoms with Crippen LogP contribution in [0.15, 0.2) is 28.7 Å². The van der Waals surface area contributed by atoms with Crippen molar-refractivity contribution in [3.8, 4) is 5.75 Å². The van der Waals surface area contributed by atoms with Gasteiger partial charge in [0.15, 0.2) is 13.2 Å². The highest BCUT2D eigenvalue weighted by Gasteiger charge is 2.11. The van der Waals surface area contributed by atoms with E-state index >= 15 is 0 Å². The van der Waals surface area contributed by atoms with Gasteiger partial charge in [-0.25, -0.2) is 9.59 Å². The zero-order valence-corrected chi connectivity index (χ0v) is 14.4. The van der Waals surface area contributed by atoms with E-state index in [4.69, 9.17) is 9.47 Å². The molecule has 0 unspecified atom stereocenters. The largest absolute Gasteiger partial charge is 0.482 e. The Morgan fingerprint density at radius 2 is 1.83 bits per heavy atom. The second-order valence-electron chi connectivity index (χ2n) is 4.56. The molecule has 0 aliphatic heterocycles.